The van der Waals surface area contributed by atoms with E-state index in [4.69, 9.17) is 4.18 Å². The van der Waals surface area contributed by atoms with Crippen LogP contribution < -0.4 is 9.47 Å². The Morgan fingerprint density at radius 1 is 0.958 bits per heavy atom. The Kier molecular flexibility index (Phi) is 10.9. The van der Waals surface area contributed by atoms with Gasteiger partial charge in [0, 0.05) is 35.8 Å². The highest BCUT2D eigenvalue weighted by atomic mass is 32.2. The second kappa shape index (κ2) is 15.3. The number of hydrogen-bond donors (Lipinski definition) is 1. The number of aromatic nitrogens is 1. The number of hydrogen-bond acceptors (Lipinski definition) is 8. The van der Waals surface area contributed by atoms with Crippen LogP contribution in [-0.4, -0.2) is 40.6 Å². The number of anilines is 1. The zero-order chi connectivity index (χ0) is 33.7. The van der Waals surface area contributed by atoms with Crippen molar-refractivity contribution in [1.29, 1.82) is 0 Å². The minimum absolute atomic E-state index is 0.0594. The maximum Gasteiger partial charge on any atom is 0.301 e. The highest BCUT2D eigenvalue weighted by molar-refractivity contribution is 8.03. The standard InChI is InChI=1S/C36H34N2O6S4/c1-2-26(23-36-38(19-20-44-47(39)40)32-25-30(15-17-34(32)46-36)28-12-7-4-8-13-28)22-35-37(18-9-21-48(41,42)43)31-24-29(14-16-33(31)45-35)27-10-5-3-6-11-27/h3-8,10-17,22-25H,2,9,18-21H2,1H3,(H-,39,40,41,42,43). The smallest absolute Gasteiger partial charge is 0.301 e. The number of benzene rings is 4. The Balaban J connectivity index is 1.39. The van der Waals surface area contributed by atoms with E-state index in [2.05, 4.69) is 89.2 Å². The topological polar surface area (TPSA) is 111 Å². The maximum atomic E-state index is 11.5. The molecule has 0 spiro atoms. The van der Waals surface area contributed by atoms with Crippen LogP contribution in [0.15, 0.2) is 119 Å². The molecule has 6 rings (SSSR count). The van der Waals surface area contributed by atoms with Crippen LogP contribution in [0.3, 0.4) is 0 Å². The third-order valence-corrected chi connectivity index (χ3v) is 11.4. The molecule has 1 aliphatic heterocycles. The van der Waals surface area contributed by atoms with Crippen molar-refractivity contribution in [2.75, 3.05) is 23.8 Å². The summed E-state index contributed by atoms with van der Waals surface area (Å²) in [6.07, 6.45) is 5.19. The van der Waals surface area contributed by atoms with Gasteiger partial charge in [-0.25, -0.2) is 8.42 Å². The molecule has 1 aromatic heterocycles. The molecule has 1 atom stereocenters. The van der Waals surface area contributed by atoms with Crippen LogP contribution >= 0.6 is 23.1 Å². The average molecular weight is 719 g/mol. The zero-order valence-electron chi connectivity index (χ0n) is 26.2. The van der Waals surface area contributed by atoms with Crippen LogP contribution in [-0.2, 0) is 32.2 Å². The molecular formula is C36H34N2O6S4. The number of aryl methyl sites for hydroxylation is 1. The van der Waals surface area contributed by atoms with Crippen LogP contribution in [0, 0.1) is 0 Å². The van der Waals surface area contributed by atoms with Crippen LogP contribution in [0.1, 0.15) is 24.8 Å². The van der Waals surface area contributed by atoms with Gasteiger partial charge >= 0.3 is 11.4 Å². The summed E-state index contributed by atoms with van der Waals surface area (Å²) < 4.78 is 63.2. The van der Waals surface area contributed by atoms with Crippen molar-refractivity contribution in [2.45, 2.75) is 31.2 Å². The van der Waals surface area contributed by atoms with Gasteiger partial charge in [-0.3, -0.25) is 8.74 Å². The summed E-state index contributed by atoms with van der Waals surface area (Å²) in [6, 6.07) is 32.8. The van der Waals surface area contributed by atoms with Crippen molar-refractivity contribution in [1.82, 2.24) is 0 Å². The summed E-state index contributed by atoms with van der Waals surface area (Å²) in [5.41, 5.74) is 7.32. The van der Waals surface area contributed by atoms with Gasteiger partial charge in [0.05, 0.1) is 27.4 Å². The third-order valence-electron chi connectivity index (χ3n) is 7.98. The van der Waals surface area contributed by atoms with Crippen LogP contribution in [0.4, 0.5) is 5.69 Å². The van der Waals surface area contributed by atoms with Crippen LogP contribution in [0.25, 0.3) is 38.5 Å². The van der Waals surface area contributed by atoms with Gasteiger partial charge in [0.25, 0.3) is 5.01 Å². The maximum absolute atomic E-state index is 11.5. The molecule has 4 aromatic carbocycles. The summed E-state index contributed by atoms with van der Waals surface area (Å²) in [7, 11) is -4.34. The predicted molar refractivity (Wildman–Crippen MR) is 195 cm³/mol. The van der Waals surface area contributed by atoms with E-state index in [9.17, 15) is 21.7 Å². The van der Waals surface area contributed by atoms with Crippen LogP contribution in [0.5, 0.6) is 0 Å². The fraction of sp³-hybridized carbons (Fsp3) is 0.194. The molecule has 0 amide bonds. The Morgan fingerprint density at radius 2 is 1.62 bits per heavy atom. The number of thioether (sulfide) groups is 1. The van der Waals surface area contributed by atoms with Gasteiger partial charge in [-0.1, -0.05) is 103 Å². The second-order valence-electron chi connectivity index (χ2n) is 11.2. The molecule has 1 aliphatic rings. The molecule has 248 valence electrons. The molecule has 5 aromatic rings. The lowest BCUT2D eigenvalue weighted by Crippen LogP contribution is -2.36. The van der Waals surface area contributed by atoms with Gasteiger partial charge in [0.1, 0.15) is 4.70 Å². The Hall–Kier alpha value is -3.62. The summed E-state index contributed by atoms with van der Waals surface area (Å²) >= 11 is 0.890. The fourth-order valence-corrected chi connectivity index (χ4v) is 8.65. The molecule has 48 heavy (non-hydrogen) atoms. The quantitative estimate of drug-likeness (QED) is 0.0745. The van der Waals surface area contributed by atoms with Gasteiger partial charge in [-0.05, 0) is 58.5 Å². The molecule has 0 radical (unpaired) electrons. The van der Waals surface area contributed by atoms with Crippen molar-refractivity contribution in [3.05, 3.63) is 119 Å². The largest absolute Gasteiger partial charge is 0.748 e. The number of allylic oxidation sites excluding steroid dienone is 2. The molecule has 1 N–H and O–H groups in total. The molecule has 1 unspecified atom stereocenters. The number of thiazole rings is 1. The van der Waals surface area contributed by atoms with E-state index in [1.54, 1.807) is 23.1 Å². The van der Waals surface area contributed by atoms with Crippen LogP contribution in [0.2, 0.25) is 0 Å². The average Bonchev–Trinajstić information content (AvgIpc) is 3.60. The van der Waals surface area contributed by atoms with Crippen molar-refractivity contribution < 1.29 is 30.5 Å². The highest BCUT2D eigenvalue weighted by Gasteiger charge is 2.27. The summed E-state index contributed by atoms with van der Waals surface area (Å²) in [5.74, 6) is -0.431. The van der Waals surface area contributed by atoms with Gasteiger partial charge in [-0.15, -0.1) is 0 Å². The van der Waals surface area contributed by atoms with E-state index in [-0.39, 0.29) is 13.0 Å². The van der Waals surface area contributed by atoms with E-state index in [1.807, 2.05) is 36.4 Å². The fourth-order valence-electron chi connectivity index (χ4n) is 5.66. The first-order valence-electron chi connectivity index (χ1n) is 15.4. The predicted octanol–water partition coefficient (Wildman–Crippen LogP) is 7.86. The minimum atomic E-state index is -4.34. The minimum Gasteiger partial charge on any atom is -0.748 e. The Labute approximate surface area is 291 Å². The second-order valence-corrected chi connectivity index (χ2v) is 15.5. The lowest BCUT2D eigenvalue weighted by Gasteiger charge is -2.21. The normalized spacial score (nSPS) is 14.9. The third kappa shape index (κ3) is 8.32. The van der Waals surface area contributed by atoms with E-state index in [1.165, 1.54) is 0 Å². The van der Waals surface area contributed by atoms with Gasteiger partial charge in [0.2, 0.25) is 5.52 Å². The van der Waals surface area contributed by atoms with E-state index < -0.39 is 27.2 Å². The summed E-state index contributed by atoms with van der Waals surface area (Å²) in [5, 5.41) is 1.91. The highest BCUT2D eigenvalue weighted by Crippen LogP contribution is 2.48. The van der Waals surface area contributed by atoms with E-state index >= 15 is 0 Å². The molecule has 0 aliphatic carbocycles. The van der Waals surface area contributed by atoms with Crippen molar-refractivity contribution in [3.63, 3.8) is 0 Å². The molecular weight excluding hydrogens is 685 g/mol. The van der Waals surface area contributed by atoms with E-state index in [0.29, 0.717) is 13.1 Å². The zero-order valence-corrected chi connectivity index (χ0v) is 29.4. The van der Waals surface area contributed by atoms with Gasteiger partial charge < -0.3 is 9.45 Å². The van der Waals surface area contributed by atoms with Crippen molar-refractivity contribution in [3.8, 4) is 22.3 Å². The number of nitrogens with zero attached hydrogens (tertiary/aromatic N) is 2. The summed E-state index contributed by atoms with van der Waals surface area (Å²) in [4.78, 5) is 3.19. The van der Waals surface area contributed by atoms with Gasteiger partial charge in [-0.2, -0.15) is 8.78 Å². The van der Waals surface area contributed by atoms with E-state index in [0.717, 1.165) is 65.1 Å². The summed E-state index contributed by atoms with van der Waals surface area (Å²) in [6.45, 7) is 2.90. The molecule has 2 heterocycles. The Bertz CT molecular complexity index is 2110. The SMILES string of the molecule is CCC(=Cc1sc2ccc(-c3ccccc3)cc2[n+]1CCCS(=O)(=O)[O-])C=C1Sc2ccc(-c3ccccc3)cc2N1CCOS(=O)O. The first-order chi connectivity index (χ1) is 23.2. The first-order valence-corrected chi connectivity index (χ1v) is 19.7. The number of fused-ring (bicyclic) bond motifs is 2. The molecule has 0 bridgehead atoms. The molecule has 0 saturated heterocycles. The lowest BCUT2D eigenvalue weighted by atomic mass is 10.0. The molecule has 12 heteroatoms. The van der Waals surface area contributed by atoms with Crippen molar-refractivity contribution >= 4 is 66.6 Å². The van der Waals surface area contributed by atoms with Crippen molar-refractivity contribution in [2.24, 2.45) is 0 Å². The monoisotopic (exact) mass is 718 g/mol. The van der Waals surface area contributed by atoms with Gasteiger partial charge in [0.15, 0.2) is 6.54 Å². The number of rotatable bonds is 13. The lowest BCUT2D eigenvalue weighted by molar-refractivity contribution is -0.668. The molecule has 8 nitrogen and oxygen atoms in total. The molecule has 0 saturated carbocycles. The Morgan fingerprint density at radius 3 is 2.27 bits per heavy atom. The first kappa shape index (κ1) is 34.3. The molecule has 0 fully saturated rings.